The number of thiophene rings is 1. The van der Waals surface area contributed by atoms with E-state index in [4.69, 9.17) is 11.6 Å². The molecular weight excluding hydrogens is 223 g/mol. The quantitative estimate of drug-likeness (QED) is 0.679. The van der Waals surface area contributed by atoms with Gasteiger partial charge in [-0.15, -0.1) is 11.3 Å². The van der Waals surface area contributed by atoms with Crippen molar-refractivity contribution >= 4 is 39.3 Å². The highest BCUT2D eigenvalue weighted by molar-refractivity contribution is 7.23. The van der Waals surface area contributed by atoms with Crippen molar-refractivity contribution in [2.24, 2.45) is 0 Å². The van der Waals surface area contributed by atoms with Crippen LogP contribution in [0.1, 0.15) is 15.9 Å². The molecule has 0 aliphatic carbocycles. The van der Waals surface area contributed by atoms with Gasteiger partial charge in [0.15, 0.2) is 6.29 Å². The molecule has 0 radical (unpaired) electrons. The van der Waals surface area contributed by atoms with E-state index in [1.54, 1.807) is 13.0 Å². The van der Waals surface area contributed by atoms with Gasteiger partial charge in [0, 0.05) is 10.1 Å². The molecular formula is C10H6ClFOS. The van der Waals surface area contributed by atoms with Crippen molar-refractivity contribution in [3.05, 3.63) is 33.4 Å². The summed E-state index contributed by atoms with van der Waals surface area (Å²) >= 11 is 7.13. The van der Waals surface area contributed by atoms with E-state index >= 15 is 0 Å². The molecule has 0 fully saturated rings. The first-order chi connectivity index (χ1) is 6.63. The van der Waals surface area contributed by atoms with E-state index in [0.29, 0.717) is 27.1 Å². The molecule has 0 saturated heterocycles. The summed E-state index contributed by atoms with van der Waals surface area (Å²) in [7, 11) is 0. The first-order valence-corrected chi connectivity index (χ1v) is 5.16. The summed E-state index contributed by atoms with van der Waals surface area (Å²) in [4.78, 5) is 10.7. The van der Waals surface area contributed by atoms with Gasteiger partial charge in [-0.3, -0.25) is 4.79 Å². The molecule has 0 unspecified atom stereocenters. The fourth-order valence-corrected chi connectivity index (χ4v) is 2.69. The third-order valence-corrected chi connectivity index (χ3v) is 3.47. The Morgan fingerprint density at radius 1 is 1.50 bits per heavy atom. The van der Waals surface area contributed by atoms with Gasteiger partial charge in [0.1, 0.15) is 10.2 Å². The highest BCUT2D eigenvalue weighted by Gasteiger charge is 2.11. The first kappa shape index (κ1) is 9.62. The number of aldehydes is 1. The van der Waals surface area contributed by atoms with E-state index in [1.165, 1.54) is 17.4 Å². The summed E-state index contributed by atoms with van der Waals surface area (Å²) in [6.45, 7) is 1.68. The Hall–Kier alpha value is -0.930. The normalized spacial score (nSPS) is 10.8. The smallest absolute Gasteiger partial charge is 0.153 e. The zero-order chi connectivity index (χ0) is 10.3. The van der Waals surface area contributed by atoms with Crippen molar-refractivity contribution in [1.29, 1.82) is 0 Å². The predicted octanol–water partition coefficient (Wildman–Crippen LogP) is 3.81. The minimum Gasteiger partial charge on any atom is -0.298 e. The van der Waals surface area contributed by atoms with Gasteiger partial charge < -0.3 is 0 Å². The van der Waals surface area contributed by atoms with Crippen LogP contribution in [0.25, 0.3) is 10.1 Å². The van der Waals surface area contributed by atoms with Gasteiger partial charge in [-0.25, -0.2) is 4.39 Å². The van der Waals surface area contributed by atoms with Gasteiger partial charge in [0.25, 0.3) is 0 Å². The minimum absolute atomic E-state index is 0.310. The molecule has 0 amide bonds. The van der Waals surface area contributed by atoms with Crippen LogP contribution in [0.15, 0.2) is 12.1 Å². The van der Waals surface area contributed by atoms with Crippen molar-refractivity contribution in [2.45, 2.75) is 6.92 Å². The molecule has 0 aliphatic heterocycles. The summed E-state index contributed by atoms with van der Waals surface area (Å²) in [6.07, 6.45) is 0.663. The molecule has 2 aromatic rings. The van der Waals surface area contributed by atoms with Crippen molar-refractivity contribution in [3.8, 4) is 0 Å². The van der Waals surface area contributed by atoms with Crippen molar-refractivity contribution < 1.29 is 9.18 Å². The fraction of sp³-hybridized carbons (Fsp3) is 0.100. The molecule has 1 aromatic carbocycles. The Labute approximate surface area is 89.1 Å². The lowest BCUT2D eigenvalue weighted by atomic mass is 10.1. The lowest BCUT2D eigenvalue weighted by molar-refractivity contribution is 0.112. The van der Waals surface area contributed by atoms with Gasteiger partial charge in [-0.2, -0.15) is 0 Å². The molecule has 72 valence electrons. The van der Waals surface area contributed by atoms with Crippen LogP contribution in [-0.2, 0) is 0 Å². The number of benzene rings is 1. The monoisotopic (exact) mass is 228 g/mol. The third-order valence-electron chi connectivity index (χ3n) is 2.08. The number of carbonyl (C=O) groups is 1. The fourth-order valence-electron chi connectivity index (χ4n) is 1.32. The van der Waals surface area contributed by atoms with Gasteiger partial charge in [0.2, 0.25) is 0 Å². The van der Waals surface area contributed by atoms with Crippen molar-refractivity contribution in [2.75, 3.05) is 0 Å². The summed E-state index contributed by atoms with van der Waals surface area (Å²) in [6, 6.07) is 3.06. The summed E-state index contributed by atoms with van der Waals surface area (Å²) in [5.41, 5.74) is 0.943. The van der Waals surface area contributed by atoms with Gasteiger partial charge >= 0.3 is 0 Å². The second kappa shape index (κ2) is 3.33. The molecule has 0 saturated carbocycles. The standard InChI is InChI=1S/C10H6ClFOS/c1-5-2-9-6(3-8(5)12)7(4-13)10(11)14-9/h2-4H,1H3. The van der Waals surface area contributed by atoms with E-state index in [1.807, 2.05) is 0 Å². The average Bonchev–Trinajstić information content (AvgIpc) is 2.42. The molecule has 0 atom stereocenters. The highest BCUT2D eigenvalue weighted by atomic mass is 35.5. The Balaban J connectivity index is 2.89. The largest absolute Gasteiger partial charge is 0.298 e. The number of aryl methyl sites for hydroxylation is 1. The predicted molar refractivity (Wildman–Crippen MR) is 56.9 cm³/mol. The molecule has 14 heavy (non-hydrogen) atoms. The van der Waals surface area contributed by atoms with Gasteiger partial charge in [-0.05, 0) is 24.6 Å². The van der Waals surface area contributed by atoms with Crippen LogP contribution in [-0.4, -0.2) is 6.29 Å². The minimum atomic E-state index is -0.310. The molecule has 1 heterocycles. The van der Waals surface area contributed by atoms with Crippen molar-refractivity contribution in [1.82, 2.24) is 0 Å². The Kier molecular flexibility index (Phi) is 2.29. The van der Waals surface area contributed by atoms with E-state index < -0.39 is 0 Å². The van der Waals surface area contributed by atoms with Crippen LogP contribution in [0, 0.1) is 12.7 Å². The molecule has 1 aromatic heterocycles. The van der Waals surface area contributed by atoms with E-state index in [9.17, 15) is 9.18 Å². The maximum atomic E-state index is 13.2. The lowest BCUT2D eigenvalue weighted by Gasteiger charge is -1.96. The molecule has 0 spiro atoms. The molecule has 0 aliphatic rings. The topological polar surface area (TPSA) is 17.1 Å². The average molecular weight is 229 g/mol. The molecule has 2 rings (SSSR count). The van der Waals surface area contributed by atoms with Crippen LogP contribution in [0.4, 0.5) is 4.39 Å². The zero-order valence-electron chi connectivity index (χ0n) is 7.30. The Morgan fingerprint density at radius 2 is 2.21 bits per heavy atom. The maximum Gasteiger partial charge on any atom is 0.153 e. The van der Waals surface area contributed by atoms with E-state index in [-0.39, 0.29) is 5.82 Å². The lowest BCUT2D eigenvalue weighted by Crippen LogP contribution is -1.82. The van der Waals surface area contributed by atoms with Crippen LogP contribution in [0.3, 0.4) is 0 Å². The number of rotatable bonds is 1. The first-order valence-electron chi connectivity index (χ1n) is 3.97. The number of halogens is 2. The molecule has 1 nitrogen and oxygen atoms in total. The summed E-state index contributed by atoms with van der Waals surface area (Å²) in [5, 5.41) is 0.595. The van der Waals surface area contributed by atoms with Crippen LogP contribution in [0.5, 0.6) is 0 Å². The summed E-state index contributed by atoms with van der Waals surface area (Å²) < 4.78 is 14.5. The summed E-state index contributed by atoms with van der Waals surface area (Å²) in [5.74, 6) is -0.310. The maximum absolute atomic E-state index is 13.2. The Bertz CT molecular complexity index is 518. The van der Waals surface area contributed by atoms with E-state index in [0.717, 1.165) is 4.70 Å². The Morgan fingerprint density at radius 3 is 2.86 bits per heavy atom. The number of hydrogen-bond acceptors (Lipinski definition) is 2. The number of hydrogen-bond donors (Lipinski definition) is 0. The van der Waals surface area contributed by atoms with Crippen LogP contribution < -0.4 is 0 Å². The highest BCUT2D eigenvalue weighted by Crippen LogP contribution is 2.35. The zero-order valence-corrected chi connectivity index (χ0v) is 8.88. The molecule has 0 N–H and O–H groups in total. The van der Waals surface area contributed by atoms with E-state index in [2.05, 4.69) is 0 Å². The number of carbonyl (C=O) groups excluding carboxylic acids is 1. The number of fused-ring (bicyclic) bond motifs is 1. The van der Waals surface area contributed by atoms with Crippen molar-refractivity contribution in [3.63, 3.8) is 0 Å². The van der Waals surface area contributed by atoms with Gasteiger partial charge in [-0.1, -0.05) is 11.6 Å². The second-order valence-electron chi connectivity index (χ2n) is 3.00. The molecule has 4 heteroatoms. The molecule has 0 bridgehead atoms. The SMILES string of the molecule is Cc1cc2sc(Cl)c(C=O)c2cc1F. The third kappa shape index (κ3) is 1.33. The van der Waals surface area contributed by atoms with Gasteiger partial charge in [0.05, 0.1) is 5.56 Å². The second-order valence-corrected chi connectivity index (χ2v) is 4.66. The van der Waals surface area contributed by atoms with Crippen LogP contribution in [0.2, 0.25) is 4.34 Å². The van der Waals surface area contributed by atoms with Crippen LogP contribution >= 0.6 is 22.9 Å².